The molecule has 1 atom stereocenters. The van der Waals surface area contributed by atoms with Crippen molar-refractivity contribution in [2.24, 2.45) is 5.92 Å². The predicted octanol–water partition coefficient (Wildman–Crippen LogP) is 7.99. The highest BCUT2D eigenvalue weighted by Crippen LogP contribution is 2.40. The molecule has 0 aliphatic heterocycles. The second-order valence-corrected chi connectivity index (χ2v) is 10.7. The third kappa shape index (κ3) is 7.14. The predicted molar refractivity (Wildman–Crippen MR) is 154 cm³/mol. The fourth-order valence-electron chi connectivity index (χ4n) is 3.91. The number of anilines is 1. The van der Waals surface area contributed by atoms with Gasteiger partial charge in [0.25, 0.3) is 5.91 Å². The van der Waals surface area contributed by atoms with Crippen molar-refractivity contribution in [1.82, 2.24) is 4.98 Å². The molecule has 38 heavy (non-hydrogen) atoms. The second-order valence-electron chi connectivity index (χ2n) is 8.98. The summed E-state index contributed by atoms with van der Waals surface area (Å²) in [6.07, 6.45) is 2.10. The largest absolute Gasteiger partial charge is 0.496 e. The zero-order valence-electron chi connectivity index (χ0n) is 21.8. The Bertz CT molecular complexity index is 1330. The molecule has 1 heterocycles. The van der Waals surface area contributed by atoms with Crippen LogP contribution in [0.25, 0.3) is 17.3 Å². The molecule has 0 saturated carbocycles. The number of aliphatic carboxylic acids is 1. The molecule has 0 aliphatic carbocycles. The van der Waals surface area contributed by atoms with Crippen LogP contribution in [0.3, 0.4) is 0 Å². The number of para-hydroxylation sites is 1. The summed E-state index contributed by atoms with van der Waals surface area (Å²) in [5, 5.41) is 14.4. The van der Waals surface area contributed by atoms with Crippen molar-refractivity contribution >= 4 is 57.6 Å². The Morgan fingerprint density at radius 1 is 1.21 bits per heavy atom. The molecule has 202 valence electrons. The summed E-state index contributed by atoms with van der Waals surface area (Å²) in [5.41, 5.74) is 3.02. The van der Waals surface area contributed by atoms with Crippen LogP contribution in [0.15, 0.2) is 41.3 Å². The Hall–Kier alpha value is -2.91. The molecule has 0 radical (unpaired) electrons. The van der Waals surface area contributed by atoms with Crippen LogP contribution in [0.5, 0.6) is 5.75 Å². The van der Waals surface area contributed by atoms with E-state index in [2.05, 4.69) is 24.1 Å². The highest BCUT2D eigenvalue weighted by Gasteiger charge is 2.22. The molecule has 3 rings (SSSR count). The zero-order valence-corrected chi connectivity index (χ0v) is 24.1. The maximum atomic E-state index is 12.9. The van der Waals surface area contributed by atoms with E-state index in [1.54, 1.807) is 7.11 Å². The molecular formula is C28H30Cl2N2O5S. The molecule has 2 aromatic carbocycles. The van der Waals surface area contributed by atoms with Crippen LogP contribution < -0.4 is 10.1 Å². The van der Waals surface area contributed by atoms with Gasteiger partial charge in [0.1, 0.15) is 5.75 Å². The summed E-state index contributed by atoms with van der Waals surface area (Å²) in [5.74, 6) is -0.411. The molecule has 1 aromatic heterocycles. The van der Waals surface area contributed by atoms with E-state index in [0.717, 1.165) is 17.5 Å². The third-order valence-corrected chi connectivity index (χ3v) is 7.07. The Balaban J connectivity index is 1.87. The quantitative estimate of drug-likeness (QED) is 0.224. The topological polar surface area (TPSA) is 97.8 Å². The minimum absolute atomic E-state index is 0.0672. The van der Waals surface area contributed by atoms with Crippen molar-refractivity contribution in [3.05, 3.63) is 68.0 Å². The maximum Gasteiger partial charge on any atom is 0.331 e. The van der Waals surface area contributed by atoms with E-state index in [1.807, 2.05) is 30.5 Å². The first kappa shape index (κ1) is 29.6. The molecule has 3 aromatic rings. The van der Waals surface area contributed by atoms with Crippen molar-refractivity contribution in [2.75, 3.05) is 19.0 Å². The van der Waals surface area contributed by atoms with Gasteiger partial charge in [-0.2, -0.15) is 0 Å². The number of nitrogens with zero attached hydrogens (tertiary/aromatic N) is 1. The molecule has 0 spiro atoms. The van der Waals surface area contributed by atoms with Crippen LogP contribution in [0, 0.1) is 5.92 Å². The number of thiazole rings is 1. The minimum Gasteiger partial charge on any atom is -0.496 e. The molecule has 10 heteroatoms. The summed E-state index contributed by atoms with van der Waals surface area (Å²) in [6, 6.07) is 8.75. The number of methoxy groups -OCH3 is 1. The van der Waals surface area contributed by atoms with Crippen LogP contribution >= 0.6 is 34.5 Å². The van der Waals surface area contributed by atoms with Crippen molar-refractivity contribution in [3.63, 3.8) is 0 Å². The summed E-state index contributed by atoms with van der Waals surface area (Å²) in [4.78, 5) is 28.7. The standard InChI is InChI=1S/C28H30Cl2N2O5S/c1-6-37-24(10-15(2)3)19-9-7-8-18(25(19)36-5)23-14-38-28(31-23)32-26(33)17-12-21(29)20(22(30)13-17)11-16(4)27(34)35/h7-9,11-15,24H,6,10H2,1-5H3,(H,34,35)(H,31,32,33)/b16-11+/t24-/m1/s1. The van der Waals surface area contributed by atoms with Gasteiger partial charge in [0.15, 0.2) is 5.13 Å². The lowest BCUT2D eigenvalue weighted by atomic mass is 9.96. The van der Waals surface area contributed by atoms with Gasteiger partial charge in [0.05, 0.1) is 29.0 Å². The number of amides is 1. The van der Waals surface area contributed by atoms with E-state index in [4.69, 9.17) is 37.8 Å². The molecule has 7 nitrogen and oxygen atoms in total. The van der Waals surface area contributed by atoms with Gasteiger partial charge in [0.2, 0.25) is 0 Å². The lowest BCUT2D eigenvalue weighted by Crippen LogP contribution is -2.12. The number of nitrogens with one attached hydrogen (secondary N) is 1. The van der Waals surface area contributed by atoms with Crippen LogP contribution in [-0.2, 0) is 9.53 Å². The highest BCUT2D eigenvalue weighted by molar-refractivity contribution is 7.14. The maximum absolute atomic E-state index is 12.9. The molecule has 0 fully saturated rings. The number of hydrogen-bond acceptors (Lipinski definition) is 6. The fourth-order valence-corrected chi connectivity index (χ4v) is 5.21. The normalized spacial score (nSPS) is 12.5. The van der Waals surface area contributed by atoms with Gasteiger partial charge in [-0.05, 0) is 50.5 Å². The van der Waals surface area contributed by atoms with Crippen LogP contribution in [-0.4, -0.2) is 35.7 Å². The van der Waals surface area contributed by atoms with Gasteiger partial charge in [-0.3, -0.25) is 10.1 Å². The van der Waals surface area contributed by atoms with Gasteiger partial charge in [-0.15, -0.1) is 11.3 Å². The Morgan fingerprint density at radius 3 is 2.47 bits per heavy atom. The van der Waals surface area contributed by atoms with Gasteiger partial charge in [-0.1, -0.05) is 49.2 Å². The van der Waals surface area contributed by atoms with Crippen LogP contribution in [0.1, 0.15) is 61.7 Å². The first-order valence-electron chi connectivity index (χ1n) is 12.0. The van der Waals surface area contributed by atoms with E-state index in [-0.39, 0.29) is 27.3 Å². The number of benzene rings is 2. The number of carboxylic acids is 1. The summed E-state index contributed by atoms with van der Waals surface area (Å²) < 4.78 is 11.8. The van der Waals surface area contributed by atoms with E-state index in [1.165, 1.54) is 36.5 Å². The number of rotatable bonds is 11. The van der Waals surface area contributed by atoms with Crippen molar-refractivity contribution < 1.29 is 24.2 Å². The monoisotopic (exact) mass is 576 g/mol. The molecule has 0 saturated heterocycles. The minimum atomic E-state index is -1.09. The zero-order chi connectivity index (χ0) is 28.0. The fraction of sp³-hybridized carbons (Fsp3) is 0.321. The average Bonchev–Trinajstić information content (AvgIpc) is 3.33. The Labute approximate surface area is 236 Å². The first-order valence-corrected chi connectivity index (χ1v) is 13.7. The molecule has 0 unspecified atom stereocenters. The van der Waals surface area contributed by atoms with E-state index < -0.39 is 11.9 Å². The summed E-state index contributed by atoms with van der Waals surface area (Å²) >= 11 is 13.9. The molecular weight excluding hydrogens is 547 g/mol. The van der Waals surface area contributed by atoms with Crippen molar-refractivity contribution in [2.45, 2.75) is 40.2 Å². The average molecular weight is 578 g/mol. The number of ether oxygens (including phenoxy) is 2. The van der Waals surface area contributed by atoms with Crippen LogP contribution in [0.2, 0.25) is 10.0 Å². The number of carboxylic acid groups (broad SMARTS) is 1. The molecule has 0 aliphatic rings. The number of hydrogen-bond donors (Lipinski definition) is 2. The smallest absolute Gasteiger partial charge is 0.331 e. The lowest BCUT2D eigenvalue weighted by Gasteiger charge is -2.23. The summed E-state index contributed by atoms with van der Waals surface area (Å²) in [6.45, 7) is 8.30. The van der Waals surface area contributed by atoms with Crippen LogP contribution in [0.4, 0.5) is 5.13 Å². The van der Waals surface area contributed by atoms with Crippen molar-refractivity contribution in [3.8, 4) is 17.0 Å². The van der Waals surface area contributed by atoms with Crippen molar-refractivity contribution in [1.29, 1.82) is 0 Å². The number of aromatic nitrogens is 1. The second kappa shape index (κ2) is 13.2. The molecule has 1 amide bonds. The number of carbonyl (C=O) groups excluding carboxylic acids is 1. The number of halogens is 2. The Kier molecular flexibility index (Phi) is 10.3. The highest BCUT2D eigenvalue weighted by atomic mass is 35.5. The van der Waals surface area contributed by atoms with E-state index >= 15 is 0 Å². The SMILES string of the molecule is CCO[C@H](CC(C)C)c1cccc(-c2csc(NC(=O)c3cc(Cl)c(/C=C(\C)C(=O)O)c(Cl)c3)n2)c1OC. The van der Waals surface area contributed by atoms with Gasteiger partial charge < -0.3 is 14.6 Å². The lowest BCUT2D eigenvalue weighted by molar-refractivity contribution is -0.132. The van der Waals surface area contributed by atoms with E-state index in [0.29, 0.717) is 34.7 Å². The first-order chi connectivity index (χ1) is 18.0. The van der Waals surface area contributed by atoms with Gasteiger partial charge >= 0.3 is 5.97 Å². The molecule has 2 N–H and O–H groups in total. The number of carbonyl (C=O) groups is 2. The van der Waals surface area contributed by atoms with Gasteiger partial charge in [0, 0.05) is 39.8 Å². The van der Waals surface area contributed by atoms with E-state index in [9.17, 15) is 9.59 Å². The molecule has 0 bridgehead atoms. The summed E-state index contributed by atoms with van der Waals surface area (Å²) in [7, 11) is 1.63. The Morgan fingerprint density at radius 2 is 1.89 bits per heavy atom. The third-order valence-electron chi connectivity index (χ3n) is 5.69. The van der Waals surface area contributed by atoms with Gasteiger partial charge in [-0.25, -0.2) is 9.78 Å².